The smallest absolute Gasteiger partial charge is 0.284 e. The van der Waals surface area contributed by atoms with Gasteiger partial charge in [-0.2, -0.15) is 5.10 Å². The molecular formula is C22H19ClN8O2. The van der Waals surface area contributed by atoms with E-state index >= 15 is 0 Å². The van der Waals surface area contributed by atoms with Gasteiger partial charge in [-0.1, -0.05) is 17.7 Å². The monoisotopic (exact) mass is 462 g/mol. The van der Waals surface area contributed by atoms with Crippen LogP contribution >= 0.6 is 11.6 Å². The van der Waals surface area contributed by atoms with Gasteiger partial charge in [-0.3, -0.25) is 9.36 Å². The molecule has 166 valence electrons. The van der Waals surface area contributed by atoms with Crippen LogP contribution in [0.1, 0.15) is 24.7 Å². The lowest BCUT2D eigenvalue weighted by Crippen LogP contribution is -2.33. The Labute approximate surface area is 192 Å². The fourth-order valence-corrected chi connectivity index (χ4v) is 4.74. The number of aromatic nitrogens is 7. The summed E-state index contributed by atoms with van der Waals surface area (Å²) in [6.45, 7) is 0.752. The second-order valence-electron chi connectivity index (χ2n) is 7.81. The highest BCUT2D eigenvalue weighted by Crippen LogP contribution is 2.37. The summed E-state index contributed by atoms with van der Waals surface area (Å²) in [5.41, 5.74) is 2.08. The molecule has 5 heterocycles. The summed E-state index contributed by atoms with van der Waals surface area (Å²) in [4.78, 5) is 32.1. The second kappa shape index (κ2) is 7.59. The molecule has 1 aromatic carbocycles. The summed E-state index contributed by atoms with van der Waals surface area (Å²) in [7, 11) is 1.59. The topological polar surface area (TPSA) is 106 Å². The first-order chi connectivity index (χ1) is 16.2. The van der Waals surface area contributed by atoms with Crippen LogP contribution in [0, 0.1) is 0 Å². The van der Waals surface area contributed by atoms with Crippen molar-refractivity contribution in [2.24, 2.45) is 0 Å². The predicted molar refractivity (Wildman–Crippen MR) is 123 cm³/mol. The van der Waals surface area contributed by atoms with Crippen LogP contribution in [0.25, 0.3) is 22.4 Å². The first-order valence-corrected chi connectivity index (χ1v) is 10.9. The van der Waals surface area contributed by atoms with Gasteiger partial charge < -0.3 is 14.6 Å². The molecule has 1 saturated heterocycles. The molecule has 1 fully saturated rings. The van der Waals surface area contributed by atoms with Crippen molar-refractivity contribution in [2.75, 3.05) is 18.6 Å². The van der Waals surface area contributed by atoms with Gasteiger partial charge in [-0.25, -0.2) is 19.5 Å². The summed E-state index contributed by atoms with van der Waals surface area (Å²) < 4.78 is 8.57. The third-order valence-electron chi connectivity index (χ3n) is 5.99. The molecule has 1 aliphatic rings. The lowest BCUT2D eigenvalue weighted by Gasteiger charge is -2.27. The van der Waals surface area contributed by atoms with Crippen molar-refractivity contribution in [3.8, 4) is 11.4 Å². The molecule has 4 aromatic heterocycles. The zero-order valence-electron chi connectivity index (χ0n) is 17.6. The number of benzene rings is 1. The molecule has 0 unspecified atom stereocenters. The van der Waals surface area contributed by atoms with Crippen LogP contribution < -0.4 is 15.2 Å². The Morgan fingerprint density at radius 3 is 3.00 bits per heavy atom. The average molecular weight is 463 g/mol. The van der Waals surface area contributed by atoms with E-state index in [-0.39, 0.29) is 11.6 Å². The average Bonchev–Trinajstić information content (AvgIpc) is 3.58. The van der Waals surface area contributed by atoms with Crippen LogP contribution in [0.5, 0.6) is 5.75 Å². The van der Waals surface area contributed by atoms with Crippen LogP contribution in [0.15, 0.2) is 54.0 Å². The van der Waals surface area contributed by atoms with Gasteiger partial charge in [0.1, 0.15) is 23.1 Å². The van der Waals surface area contributed by atoms with Crippen LogP contribution in [-0.4, -0.2) is 47.8 Å². The standard InChI is InChI=1S/C22H19ClN8O2/c1-33-14-5-2-4-13(10-14)31-20(28-30-9-7-15(23)18(30)22(31)32)16-6-3-8-29(16)21-17-19(25-11-24-17)26-12-27-21/h2,4-5,7,9-12,16H,3,6,8H2,1H3,(H,24,25,26,27)/t16-/m0/s1. The van der Waals surface area contributed by atoms with Gasteiger partial charge in [0.25, 0.3) is 5.56 Å². The van der Waals surface area contributed by atoms with E-state index in [1.54, 1.807) is 34.8 Å². The van der Waals surface area contributed by atoms with E-state index < -0.39 is 0 Å². The van der Waals surface area contributed by atoms with E-state index in [9.17, 15) is 4.79 Å². The number of aromatic amines is 1. The zero-order chi connectivity index (χ0) is 22.5. The highest BCUT2D eigenvalue weighted by Gasteiger charge is 2.34. The molecule has 0 bridgehead atoms. The minimum atomic E-state index is -0.247. The molecular weight excluding hydrogens is 444 g/mol. The normalized spacial score (nSPS) is 16.2. The molecule has 0 spiro atoms. The molecule has 33 heavy (non-hydrogen) atoms. The Morgan fingerprint density at radius 2 is 2.12 bits per heavy atom. The Bertz CT molecular complexity index is 1560. The molecule has 1 N–H and O–H groups in total. The number of hydrogen-bond donors (Lipinski definition) is 1. The fraction of sp³-hybridized carbons (Fsp3) is 0.227. The molecule has 0 radical (unpaired) electrons. The number of halogens is 1. The number of nitrogens with zero attached hydrogens (tertiary/aromatic N) is 7. The van der Waals surface area contributed by atoms with Crippen molar-refractivity contribution < 1.29 is 4.74 Å². The van der Waals surface area contributed by atoms with Crippen molar-refractivity contribution in [3.63, 3.8) is 0 Å². The fourth-order valence-electron chi connectivity index (χ4n) is 4.51. The molecule has 11 heteroatoms. The third-order valence-corrected chi connectivity index (χ3v) is 6.30. The number of rotatable bonds is 4. The van der Waals surface area contributed by atoms with Crippen molar-refractivity contribution in [3.05, 3.63) is 70.4 Å². The molecule has 1 atom stereocenters. The number of methoxy groups -OCH3 is 1. The van der Waals surface area contributed by atoms with Gasteiger partial charge in [0.2, 0.25) is 0 Å². The largest absolute Gasteiger partial charge is 0.497 e. The van der Waals surface area contributed by atoms with E-state index in [1.165, 1.54) is 6.33 Å². The lowest BCUT2D eigenvalue weighted by molar-refractivity contribution is 0.414. The maximum absolute atomic E-state index is 13.7. The van der Waals surface area contributed by atoms with E-state index in [2.05, 4.69) is 24.8 Å². The van der Waals surface area contributed by atoms with Gasteiger partial charge in [-0.15, -0.1) is 0 Å². The first-order valence-electron chi connectivity index (χ1n) is 10.5. The molecule has 6 rings (SSSR count). The highest BCUT2D eigenvalue weighted by molar-refractivity contribution is 6.33. The number of fused-ring (bicyclic) bond motifs is 2. The zero-order valence-corrected chi connectivity index (χ0v) is 18.4. The molecule has 1 aliphatic heterocycles. The Hall–Kier alpha value is -3.92. The maximum atomic E-state index is 13.7. The van der Waals surface area contributed by atoms with Gasteiger partial charge in [0.15, 0.2) is 17.3 Å². The summed E-state index contributed by atoms with van der Waals surface area (Å²) >= 11 is 6.35. The number of anilines is 1. The number of hydrogen-bond acceptors (Lipinski definition) is 7. The number of ether oxygens (including phenoxy) is 1. The van der Waals surface area contributed by atoms with Crippen molar-refractivity contribution >= 4 is 34.1 Å². The van der Waals surface area contributed by atoms with Gasteiger partial charge in [0.05, 0.1) is 30.2 Å². The second-order valence-corrected chi connectivity index (χ2v) is 8.21. The van der Waals surface area contributed by atoms with E-state index in [1.807, 2.05) is 24.3 Å². The Morgan fingerprint density at radius 1 is 1.21 bits per heavy atom. The van der Waals surface area contributed by atoms with E-state index in [0.717, 1.165) is 19.4 Å². The molecule has 10 nitrogen and oxygen atoms in total. The number of imidazole rings is 1. The Balaban J connectivity index is 1.60. The first kappa shape index (κ1) is 19.7. The SMILES string of the molecule is COc1cccc(-n2c([C@@H]3CCCN3c3ncnc4[nH]cnc34)nn3ccc(Cl)c3c2=O)c1. The Kier molecular flexibility index (Phi) is 4.54. The van der Waals surface area contributed by atoms with Crippen molar-refractivity contribution in [2.45, 2.75) is 18.9 Å². The van der Waals surface area contributed by atoms with Crippen molar-refractivity contribution in [1.29, 1.82) is 0 Å². The van der Waals surface area contributed by atoms with E-state index in [4.69, 9.17) is 21.4 Å². The minimum absolute atomic E-state index is 0.204. The predicted octanol–water partition coefficient (Wildman–Crippen LogP) is 3.16. The summed E-state index contributed by atoms with van der Waals surface area (Å²) in [5, 5.41) is 5.21. The quantitative estimate of drug-likeness (QED) is 0.437. The summed E-state index contributed by atoms with van der Waals surface area (Å²) in [5.74, 6) is 1.94. The lowest BCUT2D eigenvalue weighted by atomic mass is 10.2. The van der Waals surface area contributed by atoms with Crippen LogP contribution in [0.3, 0.4) is 0 Å². The minimum Gasteiger partial charge on any atom is -0.497 e. The molecule has 5 aromatic rings. The van der Waals surface area contributed by atoms with Gasteiger partial charge >= 0.3 is 0 Å². The molecule has 0 amide bonds. The van der Waals surface area contributed by atoms with Crippen molar-refractivity contribution in [1.82, 2.24) is 34.1 Å². The molecule has 0 aliphatic carbocycles. The van der Waals surface area contributed by atoms with Gasteiger partial charge in [0, 0.05) is 18.8 Å². The highest BCUT2D eigenvalue weighted by atomic mass is 35.5. The van der Waals surface area contributed by atoms with Gasteiger partial charge in [-0.05, 0) is 31.0 Å². The van der Waals surface area contributed by atoms with Crippen LogP contribution in [0.4, 0.5) is 5.82 Å². The maximum Gasteiger partial charge on any atom is 0.284 e. The summed E-state index contributed by atoms with van der Waals surface area (Å²) in [6, 6.07) is 8.83. The number of nitrogens with one attached hydrogen (secondary N) is 1. The van der Waals surface area contributed by atoms with E-state index in [0.29, 0.717) is 44.8 Å². The van der Waals surface area contributed by atoms with Crippen LogP contribution in [0.2, 0.25) is 5.02 Å². The number of H-pyrrole nitrogens is 1. The summed E-state index contributed by atoms with van der Waals surface area (Å²) in [6.07, 6.45) is 6.54. The molecule has 0 saturated carbocycles. The van der Waals surface area contributed by atoms with Crippen LogP contribution in [-0.2, 0) is 0 Å². The third kappa shape index (κ3) is 3.05.